The molecule has 0 fully saturated rings. The molecule has 2 aromatic carbocycles. The van der Waals surface area contributed by atoms with Crippen molar-refractivity contribution in [3.63, 3.8) is 0 Å². The Labute approximate surface area is 174 Å². The summed E-state index contributed by atoms with van der Waals surface area (Å²) in [5.41, 5.74) is 4.14. The summed E-state index contributed by atoms with van der Waals surface area (Å²) in [7, 11) is 0. The molecule has 0 aliphatic rings. The first-order chi connectivity index (χ1) is 14.1. The number of hydrogen-bond acceptors (Lipinski definition) is 5. The number of anilines is 2. The average Bonchev–Trinajstić information content (AvgIpc) is 3.16. The van der Waals surface area contributed by atoms with Crippen molar-refractivity contribution in [3.05, 3.63) is 71.1 Å². The van der Waals surface area contributed by atoms with Gasteiger partial charge in [-0.15, -0.1) is 11.3 Å². The molecule has 3 rings (SSSR count). The molecule has 0 aliphatic heterocycles. The molecule has 0 spiro atoms. The summed E-state index contributed by atoms with van der Waals surface area (Å²) in [6.07, 6.45) is 0.878. The Balaban J connectivity index is 1.78. The minimum absolute atomic E-state index is 0.109. The molecule has 6 heteroatoms. The minimum atomic E-state index is -0.438. The van der Waals surface area contributed by atoms with E-state index >= 15 is 0 Å². The number of amides is 1. The summed E-state index contributed by atoms with van der Waals surface area (Å²) in [4.78, 5) is 25.1. The SMILES string of the molecule is CCOC(=O)c1c(-c2ccccc2)csc1NC(=O)CNc1ccccc1CC. The smallest absolute Gasteiger partial charge is 0.341 e. The summed E-state index contributed by atoms with van der Waals surface area (Å²) < 4.78 is 5.23. The third-order valence-corrected chi connectivity index (χ3v) is 5.34. The van der Waals surface area contributed by atoms with E-state index in [9.17, 15) is 9.59 Å². The lowest BCUT2D eigenvalue weighted by atomic mass is 10.0. The second-order valence-electron chi connectivity index (χ2n) is 6.35. The Hall–Kier alpha value is -3.12. The van der Waals surface area contributed by atoms with Crippen LogP contribution in [0, 0.1) is 0 Å². The minimum Gasteiger partial charge on any atom is -0.462 e. The molecule has 150 valence electrons. The van der Waals surface area contributed by atoms with Gasteiger partial charge < -0.3 is 15.4 Å². The Bertz CT molecular complexity index is 983. The molecular weight excluding hydrogens is 384 g/mol. The first kappa shape index (κ1) is 20.6. The van der Waals surface area contributed by atoms with Gasteiger partial charge >= 0.3 is 5.97 Å². The molecule has 5 nitrogen and oxygen atoms in total. The molecule has 0 bridgehead atoms. The number of hydrogen-bond donors (Lipinski definition) is 2. The fourth-order valence-corrected chi connectivity index (χ4v) is 4.01. The molecule has 0 saturated carbocycles. The van der Waals surface area contributed by atoms with Crippen molar-refractivity contribution < 1.29 is 14.3 Å². The van der Waals surface area contributed by atoms with E-state index in [1.54, 1.807) is 6.92 Å². The quantitative estimate of drug-likeness (QED) is 0.503. The Morgan fingerprint density at radius 3 is 2.45 bits per heavy atom. The number of carbonyl (C=O) groups excluding carboxylic acids is 2. The van der Waals surface area contributed by atoms with Crippen LogP contribution in [0.1, 0.15) is 29.8 Å². The lowest BCUT2D eigenvalue weighted by molar-refractivity contribution is -0.114. The topological polar surface area (TPSA) is 67.4 Å². The summed E-state index contributed by atoms with van der Waals surface area (Å²) in [6, 6.07) is 17.5. The van der Waals surface area contributed by atoms with E-state index in [1.165, 1.54) is 11.3 Å². The van der Waals surface area contributed by atoms with Gasteiger partial charge in [0.1, 0.15) is 10.6 Å². The number of nitrogens with one attached hydrogen (secondary N) is 2. The number of ether oxygens (including phenoxy) is 1. The van der Waals surface area contributed by atoms with Gasteiger partial charge in [-0.2, -0.15) is 0 Å². The van der Waals surface area contributed by atoms with E-state index in [0.717, 1.165) is 28.8 Å². The van der Waals surface area contributed by atoms with Crippen molar-refractivity contribution in [1.82, 2.24) is 0 Å². The predicted octanol–water partition coefficient (Wildman–Crippen LogP) is 5.20. The zero-order valence-corrected chi connectivity index (χ0v) is 17.3. The van der Waals surface area contributed by atoms with E-state index in [0.29, 0.717) is 10.6 Å². The summed E-state index contributed by atoms with van der Waals surface area (Å²) >= 11 is 1.32. The normalized spacial score (nSPS) is 10.4. The van der Waals surface area contributed by atoms with Crippen LogP contribution in [0.15, 0.2) is 60.0 Å². The van der Waals surface area contributed by atoms with Crippen molar-refractivity contribution in [2.45, 2.75) is 20.3 Å². The van der Waals surface area contributed by atoms with Crippen LogP contribution in [0.2, 0.25) is 0 Å². The van der Waals surface area contributed by atoms with Gasteiger partial charge in [-0.05, 0) is 30.5 Å². The van der Waals surface area contributed by atoms with E-state index in [-0.39, 0.29) is 19.1 Å². The van der Waals surface area contributed by atoms with Gasteiger partial charge in [0.2, 0.25) is 5.91 Å². The lowest BCUT2D eigenvalue weighted by Gasteiger charge is -2.12. The first-order valence-electron chi connectivity index (χ1n) is 9.59. The van der Waals surface area contributed by atoms with Gasteiger partial charge in [0.25, 0.3) is 0 Å². The lowest BCUT2D eigenvalue weighted by Crippen LogP contribution is -2.23. The number of carbonyl (C=O) groups is 2. The second-order valence-corrected chi connectivity index (χ2v) is 7.23. The maximum Gasteiger partial charge on any atom is 0.341 e. The van der Waals surface area contributed by atoms with Crippen LogP contribution in [-0.4, -0.2) is 25.0 Å². The number of benzene rings is 2. The molecule has 3 aromatic rings. The number of thiophene rings is 1. The van der Waals surface area contributed by atoms with Gasteiger partial charge in [0.05, 0.1) is 13.2 Å². The summed E-state index contributed by atoms with van der Waals surface area (Å²) in [5, 5.41) is 8.41. The number of esters is 1. The number of rotatable bonds is 8. The molecule has 1 amide bonds. The Kier molecular flexibility index (Phi) is 7.03. The second kappa shape index (κ2) is 9.89. The summed E-state index contributed by atoms with van der Waals surface area (Å²) in [5.74, 6) is -0.657. The predicted molar refractivity (Wildman–Crippen MR) is 119 cm³/mol. The molecule has 1 aromatic heterocycles. The monoisotopic (exact) mass is 408 g/mol. The fourth-order valence-electron chi connectivity index (χ4n) is 3.03. The standard InChI is InChI=1S/C23H24N2O3S/c1-3-16-10-8-9-13-19(16)24-14-20(26)25-22-21(23(27)28-4-2)18(15-29-22)17-11-6-5-7-12-17/h5-13,15,24H,3-4,14H2,1-2H3,(H,25,26). The highest BCUT2D eigenvalue weighted by atomic mass is 32.1. The first-order valence-corrected chi connectivity index (χ1v) is 10.5. The van der Waals surface area contributed by atoms with Gasteiger partial charge in [-0.1, -0.05) is 55.5 Å². The van der Waals surface area contributed by atoms with E-state index < -0.39 is 5.97 Å². The molecule has 29 heavy (non-hydrogen) atoms. The van der Waals surface area contributed by atoms with Crippen molar-refractivity contribution in [3.8, 4) is 11.1 Å². The largest absolute Gasteiger partial charge is 0.462 e. The third kappa shape index (κ3) is 5.03. The molecule has 1 heterocycles. The van der Waals surface area contributed by atoms with Crippen LogP contribution in [-0.2, 0) is 16.0 Å². The van der Waals surface area contributed by atoms with Crippen LogP contribution < -0.4 is 10.6 Å². The highest BCUT2D eigenvalue weighted by Gasteiger charge is 2.22. The third-order valence-electron chi connectivity index (χ3n) is 4.45. The molecule has 2 N–H and O–H groups in total. The van der Waals surface area contributed by atoms with Crippen LogP contribution >= 0.6 is 11.3 Å². The maximum absolute atomic E-state index is 12.6. The summed E-state index contributed by atoms with van der Waals surface area (Å²) in [6.45, 7) is 4.21. The van der Waals surface area contributed by atoms with Crippen molar-refractivity contribution in [2.75, 3.05) is 23.8 Å². The molecule has 0 radical (unpaired) electrons. The number of aryl methyl sites for hydroxylation is 1. The van der Waals surface area contributed by atoms with Crippen LogP contribution in [0.5, 0.6) is 0 Å². The Morgan fingerprint density at radius 2 is 1.72 bits per heavy atom. The highest BCUT2D eigenvalue weighted by Crippen LogP contribution is 2.36. The average molecular weight is 409 g/mol. The van der Waals surface area contributed by atoms with Crippen molar-refractivity contribution >= 4 is 33.9 Å². The fraction of sp³-hybridized carbons (Fsp3) is 0.217. The van der Waals surface area contributed by atoms with Crippen molar-refractivity contribution in [2.24, 2.45) is 0 Å². The van der Waals surface area contributed by atoms with Crippen LogP contribution in [0.3, 0.4) is 0 Å². The molecule has 0 atom stereocenters. The molecule has 0 unspecified atom stereocenters. The highest BCUT2D eigenvalue weighted by molar-refractivity contribution is 7.15. The van der Waals surface area contributed by atoms with Crippen LogP contribution in [0.25, 0.3) is 11.1 Å². The van der Waals surface area contributed by atoms with Crippen LogP contribution in [0.4, 0.5) is 10.7 Å². The van der Waals surface area contributed by atoms with Gasteiger partial charge in [0.15, 0.2) is 0 Å². The van der Waals surface area contributed by atoms with E-state index in [2.05, 4.69) is 17.6 Å². The molecule has 0 saturated heterocycles. The van der Waals surface area contributed by atoms with Gasteiger partial charge in [-0.25, -0.2) is 4.79 Å². The van der Waals surface area contributed by atoms with E-state index in [1.807, 2.05) is 60.0 Å². The maximum atomic E-state index is 12.6. The number of para-hydroxylation sites is 1. The Morgan fingerprint density at radius 1 is 1.00 bits per heavy atom. The zero-order chi connectivity index (χ0) is 20.6. The zero-order valence-electron chi connectivity index (χ0n) is 16.5. The molecular formula is C23H24N2O3S. The van der Waals surface area contributed by atoms with Gasteiger partial charge in [0, 0.05) is 16.6 Å². The molecule has 0 aliphatic carbocycles. The van der Waals surface area contributed by atoms with Crippen molar-refractivity contribution in [1.29, 1.82) is 0 Å². The van der Waals surface area contributed by atoms with E-state index in [4.69, 9.17) is 4.74 Å². The van der Waals surface area contributed by atoms with Gasteiger partial charge in [-0.3, -0.25) is 4.79 Å².